The number of ketones is 1. The van der Waals surface area contributed by atoms with Crippen molar-refractivity contribution in [3.8, 4) is 6.07 Å². The lowest BCUT2D eigenvalue weighted by molar-refractivity contribution is 0.0931. The number of carbonyl (C=O) groups is 1. The van der Waals surface area contributed by atoms with Crippen LogP contribution in [0.3, 0.4) is 0 Å². The third kappa shape index (κ3) is 2.03. The maximum absolute atomic E-state index is 12.5. The van der Waals surface area contributed by atoms with Crippen molar-refractivity contribution in [2.24, 2.45) is 0 Å². The van der Waals surface area contributed by atoms with Gasteiger partial charge in [-0.15, -0.1) is 0 Å². The van der Waals surface area contributed by atoms with Gasteiger partial charge in [-0.1, -0.05) is 60.7 Å². The van der Waals surface area contributed by atoms with E-state index in [0.717, 1.165) is 5.56 Å². The Bertz CT molecular complexity index is 583. The van der Waals surface area contributed by atoms with E-state index in [1.54, 1.807) is 31.2 Å². The Morgan fingerprint density at radius 2 is 1.50 bits per heavy atom. The molecule has 0 saturated carbocycles. The van der Waals surface area contributed by atoms with E-state index in [4.69, 9.17) is 0 Å². The van der Waals surface area contributed by atoms with E-state index in [-0.39, 0.29) is 5.78 Å². The zero-order valence-electron chi connectivity index (χ0n) is 10.1. The molecule has 0 heterocycles. The van der Waals surface area contributed by atoms with Gasteiger partial charge in [-0.05, 0) is 12.5 Å². The molecule has 0 aliphatic heterocycles. The first-order chi connectivity index (χ1) is 8.68. The van der Waals surface area contributed by atoms with Crippen molar-refractivity contribution in [1.82, 2.24) is 0 Å². The molecule has 18 heavy (non-hydrogen) atoms. The first-order valence-corrected chi connectivity index (χ1v) is 5.75. The van der Waals surface area contributed by atoms with Crippen LogP contribution in [0.15, 0.2) is 60.7 Å². The summed E-state index contributed by atoms with van der Waals surface area (Å²) in [7, 11) is 0. The molecule has 2 aromatic rings. The molecular formula is C16H13NO. The minimum atomic E-state index is -1.14. The largest absolute Gasteiger partial charge is 0.292 e. The molecule has 2 nitrogen and oxygen atoms in total. The topological polar surface area (TPSA) is 40.9 Å². The van der Waals surface area contributed by atoms with Crippen LogP contribution in [0.5, 0.6) is 0 Å². The molecule has 0 aromatic heterocycles. The first kappa shape index (κ1) is 12.1. The molecule has 2 aromatic carbocycles. The van der Waals surface area contributed by atoms with Gasteiger partial charge in [0.2, 0.25) is 0 Å². The summed E-state index contributed by atoms with van der Waals surface area (Å²) in [6, 6.07) is 20.2. The highest BCUT2D eigenvalue weighted by molar-refractivity contribution is 6.05. The van der Waals surface area contributed by atoms with Gasteiger partial charge >= 0.3 is 0 Å². The van der Waals surface area contributed by atoms with Gasteiger partial charge in [0, 0.05) is 5.56 Å². The molecule has 2 rings (SSSR count). The molecule has 0 spiro atoms. The number of carbonyl (C=O) groups excluding carboxylic acids is 1. The van der Waals surface area contributed by atoms with E-state index in [2.05, 4.69) is 6.07 Å². The van der Waals surface area contributed by atoms with Crippen LogP contribution in [-0.4, -0.2) is 5.78 Å². The maximum atomic E-state index is 12.5. The van der Waals surface area contributed by atoms with Crippen LogP contribution in [0.4, 0.5) is 0 Å². The average molecular weight is 235 g/mol. The quantitative estimate of drug-likeness (QED) is 0.765. The summed E-state index contributed by atoms with van der Waals surface area (Å²) in [5.41, 5.74) is 0.148. The van der Waals surface area contributed by atoms with Gasteiger partial charge < -0.3 is 0 Å². The Morgan fingerprint density at radius 1 is 1.00 bits per heavy atom. The van der Waals surface area contributed by atoms with Crippen molar-refractivity contribution in [1.29, 1.82) is 5.26 Å². The SMILES string of the molecule is CC(C#N)(C(=O)c1ccccc1)c1ccccc1. The van der Waals surface area contributed by atoms with Crippen LogP contribution in [0.1, 0.15) is 22.8 Å². The van der Waals surface area contributed by atoms with E-state index in [1.165, 1.54) is 0 Å². The molecule has 0 aliphatic rings. The second-order valence-corrected chi connectivity index (χ2v) is 4.30. The number of nitrogens with zero attached hydrogens (tertiary/aromatic N) is 1. The predicted octanol–water partition coefficient (Wildman–Crippen LogP) is 3.35. The fourth-order valence-electron chi connectivity index (χ4n) is 1.90. The number of hydrogen-bond donors (Lipinski definition) is 0. The molecule has 88 valence electrons. The van der Waals surface area contributed by atoms with Crippen LogP contribution in [0.25, 0.3) is 0 Å². The monoisotopic (exact) mass is 235 g/mol. The zero-order valence-corrected chi connectivity index (χ0v) is 10.1. The van der Waals surface area contributed by atoms with E-state index >= 15 is 0 Å². The molecule has 2 heteroatoms. The summed E-state index contributed by atoms with van der Waals surface area (Å²) < 4.78 is 0. The van der Waals surface area contributed by atoms with Crippen LogP contribution >= 0.6 is 0 Å². The molecule has 1 unspecified atom stereocenters. The fourth-order valence-corrected chi connectivity index (χ4v) is 1.90. The molecule has 0 fully saturated rings. The third-order valence-electron chi connectivity index (χ3n) is 3.06. The average Bonchev–Trinajstić information content (AvgIpc) is 2.47. The van der Waals surface area contributed by atoms with Crippen molar-refractivity contribution in [2.75, 3.05) is 0 Å². The Hall–Kier alpha value is -2.40. The summed E-state index contributed by atoms with van der Waals surface area (Å²) in [6.07, 6.45) is 0. The first-order valence-electron chi connectivity index (χ1n) is 5.75. The van der Waals surface area contributed by atoms with E-state index in [1.807, 2.05) is 36.4 Å². The number of Topliss-reactive ketones (excluding diaryl/α,β-unsaturated/α-hetero) is 1. The van der Waals surface area contributed by atoms with E-state index in [0.29, 0.717) is 5.56 Å². The van der Waals surface area contributed by atoms with Crippen LogP contribution < -0.4 is 0 Å². The van der Waals surface area contributed by atoms with Crippen LogP contribution in [0, 0.1) is 11.3 Å². The highest BCUT2D eigenvalue weighted by atomic mass is 16.1. The normalized spacial score (nSPS) is 13.3. The molecule has 0 amide bonds. The summed E-state index contributed by atoms with van der Waals surface area (Å²) in [6.45, 7) is 1.66. The van der Waals surface area contributed by atoms with Crippen molar-refractivity contribution < 1.29 is 4.79 Å². The fraction of sp³-hybridized carbons (Fsp3) is 0.125. The molecule has 0 bridgehead atoms. The molecule has 0 radical (unpaired) electrons. The smallest absolute Gasteiger partial charge is 0.187 e. The Labute approximate surface area is 107 Å². The summed E-state index contributed by atoms with van der Waals surface area (Å²) in [5, 5.41) is 9.40. The van der Waals surface area contributed by atoms with Crippen molar-refractivity contribution in [2.45, 2.75) is 12.3 Å². The zero-order chi connectivity index (χ0) is 13.0. The third-order valence-corrected chi connectivity index (χ3v) is 3.06. The number of benzene rings is 2. The Morgan fingerprint density at radius 3 is 2.00 bits per heavy atom. The maximum Gasteiger partial charge on any atom is 0.187 e. The lowest BCUT2D eigenvalue weighted by atomic mass is 9.77. The lowest BCUT2D eigenvalue weighted by Gasteiger charge is -2.20. The highest BCUT2D eigenvalue weighted by Crippen LogP contribution is 2.27. The van der Waals surface area contributed by atoms with E-state index < -0.39 is 5.41 Å². The molecule has 0 saturated heterocycles. The lowest BCUT2D eigenvalue weighted by Crippen LogP contribution is -2.30. The van der Waals surface area contributed by atoms with Gasteiger partial charge in [-0.25, -0.2) is 0 Å². The van der Waals surface area contributed by atoms with Crippen molar-refractivity contribution in [3.63, 3.8) is 0 Å². The van der Waals surface area contributed by atoms with Gasteiger partial charge in [-0.2, -0.15) is 5.26 Å². The number of rotatable bonds is 3. The molecule has 1 atom stereocenters. The number of nitriles is 1. The van der Waals surface area contributed by atoms with Gasteiger partial charge in [0.05, 0.1) is 6.07 Å². The molecular weight excluding hydrogens is 222 g/mol. The predicted molar refractivity (Wildman–Crippen MR) is 70.2 cm³/mol. The van der Waals surface area contributed by atoms with Crippen LogP contribution in [0.2, 0.25) is 0 Å². The Balaban J connectivity index is 2.47. The van der Waals surface area contributed by atoms with Crippen LogP contribution in [-0.2, 0) is 5.41 Å². The summed E-state index contributed by atoms with van der Waals surface area (Å²) >= 11 is 0. The number of hydrogen-bond acceptors (Lipinski definition) is 2. The molecule has 0 aliphatic carbocycles. The second-order valence-electron chi connectivity index (χ2n) is 4.30. The Kier molecular flexibility index (Phi) is 3.25. The van der Waals surface area contributed by atoms with Gasteiger partial charge in [0.1, 0.15) is 5.41 Å². The standard InChI is InChI=1S/C16H13NO/c1-16(12-17,14-10-6-3-7-11-14)15(18)13-8-4-2-5-9-13/h2-11H,1H3. The van der Waals surface area contributed by atoms with Gasteiger partial charge in [0.15, 0.2) is 5.78 Å². The molecule has 0 N–H and O–H groups in total. The van der Waals surface area contributed by atoms with Crippen molar-refractivity contribution in [3.05, 3.63) is 71.8 Å². The second kappa shape index (κ2) is 4.85. The minimum Gasteiger partial charge on any atom is -0.292 e. The summed E-state index contributed by atoms with van der Waals surface area (Å²) in [5.74, 6) is -0.170. The van der Waals surface area contributed by atoms with Gasteiger partial charge in [-0.3, -0.25) is 4.79 Å². The van der Waals surface area contributed by atoms with E-state index in [9.17, 15) is 10.1 Å². The minimum absolute atomic E-state index is 0.170. The highest BCUT2D eigenvalue weighted by Gasteiger charge is 2.35. The van der Waals surface area contributed by atoms with Crippen molar-refractivity contribution >= 4 is 5.78 Å². The van der Waals surface area contributed by atoms with Gasteiger partial charge in [0.25, 0.3) is 0 Å². The summed E-state index contributed by atoms with van der Waals surface area (Å²) in [4.78, 5) is 12.5.